The Hall–Kier alpha value is -1.52. The number of rotatable bonds is 8. The second-order valence-corrected chi connectivity index (χ2v) is 5.40. The molecule has 2 N–H and O–H groups in total. The molecule has 1 aromatic carbocycles. The van der Waals surface area contributed by atoms with Crippen LogP contribution in [0.4, 0.5) is 13.2 Å². The molecule has 0 fully saturated rings. The van der Waals surface area contributed by atoms with Gasteiger partial charge in [-0.15, -0.1) is 24.0 Å². The summed E-state index contributed by atoms with van der Waals surface area (Å²) in [6.07, 6.45) is -1.81. The van der Waals surface area contributed by atoms with Crippen molar-refractivity contribution in [2.24, 2.45) is 4.99 Å². The number of nitrogens with zero attached hydrogens (tertiary/aromatic N) is 1. The monoisotopic (exact) mass is 487 g/mol. The average molecular weight is 487 g/mol. The van der Waals surface area contributed by atoms with Crippen LogP contribution >= 0.6 is 24.0 Å². The van der Waals surface area contributed by atoms with Crippen LogP contribution < -0.4 is 10.6 Å². The predicted molar refractivity (Wildman–Crippen MR) is 106 cm³/mol. The summed E-state index contributed by atoms with van der Waals surface area (Å²) in [6.45, 7) is 1.21. The molecule has 0 aliphatic rings. The van der Waals surface area contributed by atoms with Crippen LogP contribution in [0.15, 0.2) is 29.3 Å². The highest BCUT2D eigenvalue weighted by Crippen LogP contribution is 2.29. The number of carbonyl (C=O) groups is 1. The standard InChI is InChI=1S/C17H24F3N3O2.HI/c1-21-16(22-11-4-3-5-15(24)25-2)23-12-10-13-6-8-14(9-7-13)17(18,19)20;/h6-9H,3-5,10-12H2,1-2H3,(H2,21,22,23);1H. The van der Waals surface area contributed by atoms with Gasteiger partial charge < -0.3 is 15.4 Å². The molecule has 5 nitrogen and oxygen atoms in total. The zero-order valence-electron chi connectivity index (χ0n) is 14.9. The number of esters is 1. The summed E-state index contributed by atoms with van der Waals surface area (Å²) in [5, 5.41) is 6.21. The molecule has 0 aliphatic heterocycles. The number of unbranched alkanes of at least 4 members (excludes halogenated alkanes) is 1. The normalized spacial score (nSPS) is 11.5. The molecule has 0 heterocycles. The van der Waals surface area contributed by atoms with E-state index in [2.05, 4.69) is 20.4 Å². The molecule has 0 bridgehead atoms. The van der Waals surface area contributed by atoms with Gasteiger partial charge in [0.25, 0.3) is 0 Å². The van der Waals surface area contributed by atoms with Crippen LogP contribution in [0, 0.1) is 0 Å². The highest BCUT2D eigenvalue weighted by atomic mass is 127. The number of methoxy groups -OCH3 is 1. The van der Waals surface area contributed by atoms with Gasteiger partial charge in [-0.3, -0.25) is 9.79 Å². The number of carbonyl (C=O) groups excluding carboxylic acids is 1. The Morgan fingerprint density at radius 1 is 1.12 bits per heavy atom. The van der Waals surface area contributed by atoms with E-state index in [1.807, 2.05) is 0 Å². The third-order valence-corrected chi connectivity index (χ3v) is 3.54. The number of ether oxygens (including phenoxy) is 1. The molecule has 1 aromatic rings. The maximum atomic E-state index is 12.5. The Morgan fingerprint density at radius 3 is 2.27 bits per heavy atom. The van der Waals surface area contributed by atoms with Gasteiger partial charge in [0.2, 0.25) is 0 Å². The van der Waals surface area contributed by atoms with E-state index in [0.29, 0.717) is 31.9 Å². The molecular weight excluding hydrogens is 462 g/mol. The van der Waals surface area contributed by atoms with Gasteiger partial charge in [-0.2, -0.15) is 13.2 Å². The minimum atomic E-state index is -4.31. The number of alkyl halides is 3. The number of hydrogen-bond donors (Lipinski definition) is 2. The van der Waals surface area contributed by atoms with E-state index in [9.17, 15) is 18.0 Å². The molecule has 9 heteroatoms. The van der Waals surface area contributed by atoms with Crippen LogP contribution in [0.3, 0.4) is 0 Å². The first-order valence-corrected chi connectivity index (χ1v) is 8.04. The van der Waals surface area contributed by atoms with Gasteiger partial charge in [-0.05, 0) is 37.0 Å². The third-order valence-electron chi connectivity index (χ3n) is 3.54. The first-order valence-electron chi connectivity index (χ1n) is 8.04. The minimum absolute atomic E-state index is 0. The van der Waals surface area contributed by atoms with Gasteiger partial charge in [0.1, 0.15) is 0 Å². The van der Waals surface area contributed by atoms with Crippen molar-refractivity contribution < 1.29 is 22.7 Å². The topological polar surface area (TPSA) is 62.7 Å². The quantitative estimate of drug-likeness (QED) is 0.194. The zero-order chi connectivity index (χ0) is 18.7. The molecule has 1 rings (SSSR count). The maximum absolute atomic E-state index is 12.5. The highest BCUT2D eigenvalue weighted by Gasteiger charge is 2.29. The molecule has 0 aromatic heterocycles. The molecule has 0 atom stereocenters. The Bertz CT molecular complexity index is 563. The van der Waals surface area contributed by atoms with Crippen molar-refractivity contribution in [3.8, 4) is 0 Å². The molecule has 148 valence electrons. The van der Waals surface area contributed by atoms with Crippen LogP contribution in [0.25, 0.3) is 0 Å². The zero-order valence-corrected chi connectivity index (χ0v) is 17.2. The Kier molecular flexibility index (Phi) is 12.0. The van der Waals surface area contributed by atoms with Crippen molar-refractivity contribution in [3.63, 3.8) is 0 Å². The molecule has 0 amide bonds. The molecule has 0 radical (unpaired) electrons. The van der Waals surface area contributed by atoms with Crippen LogP contribution in [0.1, 0.15) is 30.4 Å². The SMILES string of the molecule is CN=C(NCCCCC(=O)OC)NCCc1ccc(C(F)(F)F)cc1.I. The van der Waals surface area contributed by atoms with E-state index in [0.717, 1.165) is 30.5 Å². The number of halogens is 4. The van der Waals surface area contributed by atoms with E-state index >= 15 is 0 Å². The third kappa shape index (κ3) is 9.83. The number of guanidine groups is 1. The fourth-order valence-corrected chi connectivity index (χ4v) is 2.11. The maximum Gasteiger partial charge on any atom is 0.416 e. The Balaban J connectivity index is 0.00000625. The fraction of sp³-hybridized carbons (Fsp3) is 0.529. The smallest absolute Gasteiger partial charge is 0.416 e. The van der Waals surface area contributed by atoms with Crippen molar-refractivity contribution >= 4 is 35.9 Å². The lowest BCUT2D eigenvalue weighted by molar-refractivity contribution is -0.140. The number of benzene rings is 1. The van der Waals surface area contributed by atoms with E-state index in [4.69, 9.17) is 0 Å². The van der Waals surface area contributed by atoms with E-state index in [1.165, 1.54) is 19.2 Å². The van der Waals surface area contributed by atoms with E-state index in [1.54, 1.807) is 7.05 Å². The van der Waals surface area contributed by atoms with E-state index < -0.39 is 11.7 Å². The molecule has 0 spiro atoms. The van der Waals surface area contributed by atoms with Gasteiger partial charge in [-0.25, -0.2) is 0 Å². The molecular formula is C17H25F3IN3O2. The van der Waals surface area contributed by atoms with Gasteiger partial charge >= 0.3 is 12.1 Å². The lowest BCUT2D eigenvalue weighted by Crippen LogP contribution is -2.38. The second kappa shape index (κ2) is 12.8. The molecule has 0 unspecified atom stereocenters. The van der Waals surface area contributed by atoms with Crippen molar-refractivity contribution in [3.05, 3.63) is 35.4 Å². The van der Waals surface area contributed by atoms with Crippen molar-refractivity contribution in [2.45, 2.75) is 31.9 Å². The summed E-state index contributed by atoms with van der Waals surface area (Å²) >= 11 is 0. The molecule has 0 saturated heterocycles. The largest absolute Gasteiger partial charge is 0.469 e. The summed E-state index contributed by atoms with van der Waals surface area (Å²) in [7, 11) is 3.00. The lowest BCUT2D eigenvalue weighted by atomic mass is 10.1. The first-order chi connectivity index (χ1) is 11.9. The summed E-state index contributed by atoms with van der Waals surface area (Å²) in [5.74, 6) is 0.393. The van der Waals surface area contributed by atoms with Crippen LogP contribution in [0.2, 0.25) is 0 Å². The van der Waals surface area contributed by atoms with Crippen LogP contribution in [-0.4, -0.2) is 39.2 Å². The average Bonchev–Trinajstić information content (AvgIpc) is 2.59. The Morgan fingerprint density at radius 2 is 1.73 bits per heavy atom. The molecule has 0 aliphatic carbocycles. The summed E-state index contributed by atoms with van der Waals surface area (Å²) in [4.78, 5) is 15.0. The van der Waals surface area contributed by atoms with Crippen molar-refractivity contribution in [1.29, 1.82) is 0 Å². The summed E-state index contributed by atoms with van der Waals surface area (Å²) < 4.78 is 42.1. The molecule has 0 saturated carbocycles. The van der Waals surface area contributed by atoms with Crippen LogP contribution in [0.5, 0.6) is 0 Å². The van der Waals surface area contributed by atoms with Crippen molar-refractivity contribution in [1.82, 2.24) is 10.6 Å². The highest BCUT2D eigenvalue weighted by molar-refractivity contribution is 14.0. The fourth-order valence-electron chi connectivity index (χ4n) is 2.11. The molecule has 26 heavy (non-hydrogen) atoms. The lowest BCUT2D eigenvalue weighted by Gasteiger charge is -2.12. The number of aliphatic imine (C=N–C) groups is 1. The van der Waals surface area contributed by atoms with Gasteiger partial charge in [0.05, 0.1) is 12.7 Å². The van der Waals surface area contributed by atoms with E-state index in [-0.39, 0.29) is 29.9 Å². The predicted octanol–water partition coefficient (Wildman–Crippen LogP) is 3.37. The van der Waals surface area contributed by atoms with Crippen LogP contribution in [-0.2, 0) is 22.1 Å². The Labute approximate surface area is 168 Å². The summed E-state index contributed by atoms with van der Waals surface area (Å²) in [6, 6.07) is 5.13. The first kappa shape index (κ1) is 24.5. The van der Waals surface area contributed by atoms with Gasteiger partial charge in [0.15, 0.2) is 5.96 Å². The number of hydrogen-bond acceptors (Lipinski definition) is 3. The second-order valence-electron chi connectivity index (χ2n) is 5.40. The summed E-state index contributed by atoms with van der Waals surface area (Å²) in [5.41, 5.74) is 0.169. The van der Waals surface area contributed by atoms with Gasteiger partial charge in [-0.1, -0.05) is 12.1 Å². The number of nitrogens with one attached hydrogen (secondary N) is 2. The van der Waals surface area contributed by atoms with Crippen molar-refractivity contribution in [2.75, 3.05) is 27.2 Å². The minimum Gasteiger partial charge on any atom is -0.469 e. The van der Waals surface area contributed by atoms with Gasteiger partial charge in [0, 0.05) is 26.6 Å².